The first kappa shape index (κ1) is 27.9. The van der Waals surface area contributed by atoms with E-state index in [0.717, 1.165) is 0 Å². The number of methoxy groups -OCH3 is 1. The molecule has 4 atom stereocenters. The number of fused-ring (bicyclic) bond motifs is 3. The molecule has 0 saturated heterocycles. The summed E-state index contributed by atoms with van der Waals surface area (Å²) in [6, 6.07) is 2.59. The molecule has 1 aromatic carbocycles. The summed E-state index contributed by atoms with van der Waals surface area (Å²) in [6.45, 7) is 6.00. The molecule has 0 fully saturated rings. The summed E-state index contributed by atoms with van der Waals surface area (Å²) in [7, 11) is 1.48. The van der Waals surface area contributed by atoms with Gasteiger partial charge in [-0.2, -0.15) is 0 Å². The van der Waals surface area contributed by atoms with Crippen LogP contribution in [0.5, 0.6) is 11.5 Å². The van der Waals surface area contributed by atoms with Crippen LogP contribution in [0, 0.1) is 0 Å². The highest BCUT2D eigenvalue weighted by molar-refractivity contribution is 5.96. The Morgan fingerprint density at radius 3 is 2.61 bits per heavy atom. The van der Waals surface area contributed by atoms with Crippen LogP contribution in [0.3, 0.4) is 0 Å². The summed E-state index contributed by atoms with van der Waals surface area (Å²) >= 11 is 0. The summed E-state index contributed by atoms with van der Waals surface area (Å²) in [5, 5.41) is 33.1. The zero-order valence-electron chi connectivity index (χ0n) is 21.4. The maximum atomic E-state index is 13.2. The summed E-state index contributed by atoms with van der Waals surface area (Å²) in [4.78, 5) is 27.8. The Kier molecular flexibility index (Phi) is 9.72. The molecule has 1 aromatic rings. The van der Waals surface area contributed by atoms with Gasteiger partial charge in [-0.05, 0) is 44.0 Å². The number of ether oxygens (including phenoxy) is 3. The number of aliphatic hydroxyl groups excluding tert-OH is 3. The van der Waals surface area contributed by atoms with E-state index in [2.05, 4.69) is 5.32 Å². The molecule has 10 heteroatoms. The summed E-state index contributed by atoms with van der Waals surface area (Å²) < 4.78 is 17.3. The molecule has 1 aliphatic carbocycles. The van der Waals surface area contributed by atoms with Crippen LogP contribution in [-0.2, 0) is 20.9 Å². The molecule has 1 aliphatic heterocycles. The van der Waals surface area contributed by atoms with Gasteiger partial charge in [0.05, 0.1) is 38.4 Å². The number of nitrogens with one attached hydrogen (secondary N) is 1. The van der Waals surface area contributed by atoms with E-state index >= 15 is 0 Å². The molecule has 0 spiro atoms. The highest BCUT2D eigenvalue weighted by Gasteiger charge is 2.51. The highest BCUT2D eigenvalue weighted by Crippen LogP contribution is 2.51. The molecule has 1 heterocycles. The monoisotopic (exact) mass is 506 g/mol. The van der Waals surface area contributed by atoms with Gasteiger partial charge in [0.15, 0.2) is 11.5 Å². The molecule has 0 radical (unpaired) electrons. The number of amides is 2. The number of hydrogen-bond donors (Lipinski definition) is 4. The van der Waals surface area contributed by atoms with Crippen LogP contribution < -0.4 is 14.8 Å². The molecule has 0 saturated carbocycles. The van der Waals surface area contributed by atoms with E-state index in [-0.39, 0.29) is 38.2 Å². The van der Waals surface area contributed by atoms with Gasteiger partial charge in [-0.3, -0.25) is 9.59 Å². The van der Waals surface area contributed by atoms with Crippen molar-refractivity contribution in [1.82, 2.24) is 10.2 Å². The SMILES string of the molecule is CCC(=O)N(CCCOC(C)C)[C@@H]1C=C(C(=O)NCCO)[C@@H]2c3cc(CO)cc(OC)c3O[C@@H]2[C@H]1O. The van der Waals surface area contributed by atoms with E-state index in [4.69, 9.17) is 14.2 Å². The van der Waals surface area contributed by atoms with Crippen LogP contribution in [0.2, 0.25) is 0 Å². The van der Waals surface area contributed by atoms with Crippen LogP contribution >= 0.6 is 0 Å². The molecule has 2 amide bonds. The number of benzene rings is 1. The molecule has 2 aliphatic rings. The normalized spacial score (nSPS) is 22.4. The number of rotatable bonds is 12. The summed E-state index contributed by atoms with van der Waals surface area (Å²) in [5.41, 5.74) is 1.52. The molecule has 0 unspecified atom stereocenters. The minimum atomic E-state index is -1.12. The van der Waals surface area contributed by atoms with E-state index < -0.39 is 30.1 Å². The molecular weight excluding hydrogens is 468 g/mol. The Morgan fingerprint density at radius 1 is 1.25 bits per heavy atom. The summed E-state index contributed by atoms with van der Waals surface area (Å²) in [6.07, 6.45) is 0.512. The van der Waals surface area contributed by atoms with E-state index in [1.54, 1.807) is 30.0 Å². The average molecular weight is 507 g/mol. The number of nitrogens with zero attached hydrogens (tertiary/aromatic N) is 1. The number of carbonyl (C=O) groups is 2. The third-order valence-corrected chi connectivity index (χ3v) is 6.47. The van der Waals surface area contributed by atoms with E-state index in [0.29, 0.717) is 47.8 Å². The van der Waals surface area contributed by atoms with Gasteiger partial charge in [-0.25, -0.2) is 0 Å². The fourth-order valence-corrected chi connectivity index (χ4v) is 4.82. The number of aliphatic hydroxyl groups is 3. The molecule has 4 N–H and O–H groups in total. The van der Waals surface area contributed by atoms with Crippen molar-refractivity contribution in [2.75, 3.05) is 33.4 Å². The van der Waals surface area contributed by atoms with Crippen LogP contribution in [0.15, 0.2) is 23.8 Å². The van der Waals surface area contributed by atoms with Crippen LogP contribution in [0.4, 0.5) is 0 Å². The molecular formula is C26H38N2O8. The van der Waals surface area contributed by atoms with Crippen molar-refractivity contribution in [3.05, 3.63) is 34.9 Å². The van der Waals surface area contributed by atoms with Crippen LogP contribution in [0.1, 0.15) is 50.7 Å². The predicted molar refractivity (Wildman–Crippen MR) is 132 cm³/mol. The highest BCUT2D eigenvalue weighted by atomic mass is 16.5. The second-order valence-electron chi connectivity index (χ2n) is 9.23. The lowest BCUT2D eigenvalue weighted by Crippen LogP contribution is -2.56. The lowest BCUT2D eigenvalue weighted by molar-refractivity contribution is -0.137. The lowest BCUT2D eigenvalue weighted by Gasteiger charge is -2.40. The van der Waals surface area contributed by atoms with Crippen molar-refractivity contribution < 1.29 is 39.1 Å². The van der Waals surface area contributed by atoms with Crippen LogP contribution in [0.25, 0.3) is 0 Å². The first-order chi connectivity index (χ1) is 17.3. The minimum absolute atomic E-state index is 0.0542. The predicted octanol–water partition coefficient (Wildman–Crippen LogP) is 0.864. The minimum Gasteiger partial charge on any atom is -0.493 e. The van der Waals surface area contributed by atoms with Crippen molar-refractivity contribution in [3.63, 3.8) is 0 Å². The fourth-order valence-electron chi connectivity index (χ4n) is 4.82. The molecule has 36 heavy (non-hydrogen) atoms. The van der Waals surface area contributed by atoms with E-state index in [1.807, 2.05) is 13.8 Å². The third kappa shape index (κ3) is 5.83. The van der Waals surface area contributed by atoms with Gasteiger partial charge in [-0.1, -0.05) is 6.92 Å². The Hall–Kier alpha value is -2.66. The van der Waals surface area contributed by atoms with Gasteiger partial charge in [0, 0.05) is 37.3 Å². The first-order valence-corrected chi connectivity index (χ1v) is 12.5. The van der Waals surface area contributed by atoms with Crippen molar-refractivity contribution >= 4 is 11.8 Å². The fraction of sp³-hybridized carbons (Fsp3) is 0.615. The Bertz CT molecular complexity index is 964. The van der Waals surface area contributed by atoms with Crippen LogP contribution in [-0.4, -0.2) is 89.8 Å². The Balaban J connectivity index is 2.03. The van der Waals surface area contributed by atoms with Gasteiger partial charge in [0.25, 0.3) is 0 Å². The maximum absolute atomic E-state index is 13.2. The molecule has 0 bridgehead atoms. The lowest BCUT2D eigenvalue weighted by atomic mass is 9.77. The van der Waals surface area contributed by atoms with Crippen molar-refractivity contribution in [1.29, 1.82) is 0 Å². The Morgan fingerprint density at radius 2 is 2.00 bits per heavy atom. The molecule has 3 rings (SSSR count). The van der Waals surface area contributed by atoms with Crippen molar-refractivity contribution in [2.24, 2.45) is 0 Å². The first-order valence-electron chi connectivity index (χ1n) is 12.5. The van der Waals surface area contributed by atoms with Crippen molar-refractivity contribution in [3.8, 4) is 11.5 Å². The zero-order valence-corrected chi connectivity index (χ0v) is 21.4. The quantitative estimate of drug-likeness (QED) is 0.307. The number of hydrogen-bond acceptors (Lipinski definition) is 8. The zero-order chi connectivity index (χ0) is 26.4. The molecule has 10 nitrogen and oxygen atoms in total. The van der Waals surface area contributed by atoms with Gasteiger partial charge in [-0.15, -0.1) is 0 Å². The largest absolute Gasteiger partial charge is 0.493 e. The molecule has 0 aromatic heterocycles. The second-order valence-corrected chi connectivity index (χ2v) is 9.23. The van der Waals surface area contributed by atoms with Gasteiger partial charge in [0.2, 0.25) is 11.8 Å². The standard InChI is InChI=1S/C26H38N2O8/c1-5-21(31)28(8-6-10-35-15(2)3)19-13-18(26(33)27-7-9-29)22-17-11-16(14-30)12-20(34-4)24(17)36-25(22)23(19)32/h11-13,15,19,22-23,25,29-30,32H,5-10,14H2,1-4H3,(H,27,33)/t19-,22+,23+,25+/m1/s1. The third-order valence-electron chi connectivity index (χ3n) is 6.47. The smallest absolute Gasteiger partial charge is 0.247 e. The van der Waals surface area contributed by atoms with Gasteiger partial charge in [0.1, 0.15) is 12.2 Å². The van der Waals surface area contributed by atoms with E-state index in [9.17, 15) is 24.9 Å². The average Bonchev–Trinajstić information content (AvgIpc) is 3.26. The van der Waals surface area contributed by atoms with Crippen molar-refractivity contribution in [2.45, 2.75) is 70.5 Å². The molecule has 200 valence electrons. The number of carbonyl (C=O) groups excluding carboxylic acids is 2. The maximum Gasteiger partial charge on any atom is 0.247 e. The second kappa shape index (κ2) is 12.5. The topological polar surface area (TPSA) is 138 Å². The van der Waals surface area contributed by atoms with Gasteiger partial charge >= 0.3 is 0 Å². The van der Waals surface area contributed by atoms with E-state index in [1.165, 1.54) is 7.11 Å². The summed E-state index contributed by atoms with van der Waals surface area (Å²) in [5.74, 6) is -0.453. The Labute approximate surface area is 211 Å². The van der Waals surface area contributed by atoms with Gasteiger partial charge < -0.3 is 39.7 Å².